The Hall–Kier alpha value is -3.11. The van der Waals surface area contributed by atoms with Crippen LogP contribution in [0.3, 0.4) is 0 Å². The van der Waals surface area contributed by atoms with Crippen molar-refractivity contribution < 1.29 is 18.2 Å². The summed E-state index contributed by atoms with van der Waals surface area (Å²) in [6, 6.07) is 14.1. The number of amides is 1. The van der Waals surface area contributed by atoms with Gasteiger partial charge >= 0.3 is 0 Å². The zero-order valence-electron chi connectivity index (χ0n) is 13.7. The maximum atomic E-state index is 13.0. The summed E-state index contributed by atoms with van der Waals surface area (Å²) in [6.45, 7) is 0. The predicted molar refractivity (Wildman–Crippen MR) is 98.6 cm³/mol. The van der Waals surface area contributed by atoms with Gasteiger partial charge in [0.2, 0.25) is 12.3 Å². The van der Waals surface area contributed by atoms with Crippen LogP contribution in [0.1, 0.15) is 21.5 Å². The SMILES string of the molecule is NC1=C2C(=O)NC(c3ccc(NN4OSO4)cc3)=C2C(=O)c2ccccc21. The number of nitrogens with zero attached hydrogens (tertiary/aromatic N) is 1. The molecule has 0 saturated carbocycles. The van der Waals surface area contributed by atoms with E-state index >= 15 is 0 Å². The van der Waals surface area contributed by atoms with E-state index in [-0.39, 0.29) is 17.3 Å². The molecule has 4 N–H and O–H groups in total. The molecule has 2 heterocycles. The van der Waals surface area contributed by atoms with Crippen LogP contribution in [0.25, 0.3) is 11.4 Å². The first kappa shape index (κ1) is 16.1. The Morgan fingerprint density at radius 2 is 1.67 bits per heavy atom. The van der Waals surface area contributed by atoms with Gasteiger partial charge in [0.05, 0.1) is 33.6 Å². The number of hydrogen-bond donors (Lipinski definition) is 3. The van der Waals surface area contributed by atoms with E-state index in [0.29, 0.717) is 39.3 Å². The molecule has 0 unspecified atom stereocenters. The van der Waals surface area contributed by atoms with Crippen LogP contribution in [0.2, 0.25) is 0 Å². The van der Waals surface area contributed by atoms with E-state index in [9.17, 15) is 9.59 Å². The zero-order valence-corrected chi connectivity index (χ0v) is 14.5. The van der Waals surface area contributed by atoms with Crippen LogP contribution in [0.15, 0.2) is 59.7 Å². The molecule has 8 nitrogen and oxygen atoms in total. The number of benzene rings is 2. The van der Waals surface area contributed by atoms with Crippen molar-refractivity contribution in [2.45, 2.75) is 0 Å². The van der Waals surface area contributed by atoms with E-state index < -0.39 is 0 Å². The number of ketones is 1. The smallest absolute Gasteiger partial charge is 0.258 e. The van der Waals surface area contributed by atoms with Crippen molar-refractivity contribution in [2.24, 2.45) is 5.73 Å². The van der Waals surface area contributed by atoms with Crippen LogP contribution < -0.4 is 16.5 Å². The first-order valence-corrected chi connectivity index (χ1v) is 8.68. The monoisotopic (exact) mass is 380 g/mol. The Morgan fingerprint density at radius 3 is 2.33 bits per heavy atom. The summed E-state index contributed by atoms with van der Waals surface area (Å²) in [5.41, 5.74) is 12.9. The van der Waals surface area contributed by atoms with Gasteiger partial charge in [-0.25, -0.2) is 0 Å². The summed E-state index contributed by atoms with van der Waals surface area (Å²) in [5.74, 6) is -0.591. The normalized spacial score (nSPS) is 18.8. The largest absolute Gasteiger partial charge is 0.398 e. The number of hydrogen-bond acceptors (Lipinski definition) is 8. The molecule has 5 rings (SSSR count). The number of carbonyl (C=O) groups excluding carboxylic acids is 2. The summed E-state index contributed by atoms with van der Waals surface area (Å²) < 4.78 is 9.79. The highest BCUT2D eigenvalue weighted by Crippen LogP contribution is 2.39. The fraction of sp³-hybridized carbons (Fsp3) is 0. The van der Waals surface area contributed by atoms with E-state index in [1.54, 1.807) is 48.5 Å². The standard InChI is InChI=1S/C18H12N4O4S/c19-15-11-3-1-2-4-12(11)17(23)14-13(15)18(24)20-16(14)9-5-7-10(8-6-9)21-22-25-27-26-22/h1-8,21H,19H2,(H,20,24). The molecule has 2 aromatic carbocycles. The average molecular weight is 380 g/mol. The Labute approximate surface area is 157 Å². The fourth-order valence-electron chi connectivity index (χ4n) is 3.28. The van der Waals surface area contributed by atoms with Crippen LogP contribution in [0.5, 0.6) is 0 Å². The maximum absolute atomic E-state index is 13.0. The van der Waals surface area contributed by atoms with Crippen molar-refractivity contribution in [3.05, 3.63) is 76.4 Å². The lowest BCUT2D eigenvalue weighted by Crippen LogP contribution is -2.32. The highest BCUT2D eigenvalue weighted by atomic mass is 32.2. The molecule has 134 valence electrons. The molecule has 2 aromatic rings. The lowest BCUT2D eigenvalue weighted by Gasteiger charge is -2.25. The third kappa shape index (κ3) is 2.45. The summed E-state index contributed by atoms with van der Waals surface area (Å²) >= 11 is 0.850. The van der Waals surface area contributed by atoms with Crippen LogP contribution >= 0.6 is 12.3 Å². The molecule has 3 aliphatic rings. The van der Waals surface area contributed by atoms with Gasteiger partial charge in [-0.15, -0.1) is 0 Å². The van der Waals surface area contributed by atoms with Gasteiger partial charge in [-0.05, 0) is 17.7 Å². The number of rotatable bonds is 3. The molecule has 0 aromatic heterocycles. The molecule has 1 aliphatic carbocycles. The number of nitrogens with one attached hydrogen (secondary N) is 2. The van der Waals surface area contributed by atoms with Crippen molar-refractivity contribution in [1.82, 2.24) is 10.7 Å². The minimum Gasteiger partial charge on any atom is -0.398 e. The van der Waals surface area contributed by atoms with Crippen molar-refractivity contribution in [3.63, 3.8) is 0 Å². The quantitative estimate of drug-likeness (QED) is 0.696. The van der Waals surface area contributed by atoms with Crippen molar-refractivity contribution in [1.29, 1.82) is 0 Å². The van der Waals surface area contributed by atoms with Gasteiger partial charge in [0, 0.05) is 11.1 Å². The molecule has 27 heavy (non-hydrogen) atoms. The molecule has 0 atom stereocenters. The van der Waals surface area contributed by atoms with E-state index in [2.05, 4.69) is 10.7 Å². The van der Waals surface area contributed by atoms with Crippen LogP contribution in [0, 0.1) is 0 Å². The Morgan fingerprint density at radius 1 is 0.963 bits per heavy atom. The van der Waals surface area contributed by atoms with Gasteiger partial charge in [0.15, 0.2) is 5.78 Å². The number of Topliss-reactive ketones (excluding diaryl/α,β-unsaturated/α-hetero) is 1. The van der Waals surface area contributed by atoms with Gasteiger partial charge in [0.25, 0.3) is 5.91 Å². The second-order valence-electron chi connectivity index (χ2n) is 6.03. The summed E-state index contributed by atoms with van der Waals surface area (Å²) in [6.07, 6.45) is 0. The topological polar surface area (TPSA) is 106 Å². The molecule has 0 spiro atoms. The molecule has 9 heteroatoms. The van der Waals surface area contributed by atoms with Crippen molar-refractivity contribution in [3.8, 4) is 0 Å². The molecule has 1 saturated heterocycles. The second-order valence-corrected chi connectivity index (χ2v) is 6.47. The van der Waals surface area contributed by atoms with Gasteiger partial charge < -0.3 is 11.1 Å². The first-order chi connectivity index (χ1) is 13.1. The average Bonchev–Trinajstić information content (AvgIpc) is 3.01. The third-order valence-electron chi connectivity index (χ3n) is 4.51. The molecule has 1 fully saturated rings. The molecular weight excluding hydrogens is 368 g/mol. The zero-order chi connectivity index (χ0) is 18.5. The highest BCUT2D eigenvalue weighted by Gasteiger charge is 2.39. The van der Waals surface area contributed by atoms with Gasteiger partial charge in [-0.3, -0.25) is 15.0 Å². The number of anilines is 1. The minimum absolute atomic E-state index is 0.218. The summed E-state index contributed by atoms with van der Waals surface area (Å²) in [7, 11) is 0. The number of fused-ring (bicyclic) bond motifs is 2. The lowest BCUT2D eigenvalue weighted by atomic mass is 9.84. The molecule has 0 bridgehead atoms. The van der Waals surface area contributed by atoms with Crippen LogP contribution in [-0.4, -0.2) is 17.0 Å². The first-order valence-electron chi connectivity index (χ1n) is 8.02. The van der Waals surface area contributed by atoms with E-state index in [1.165, 1.54) is 0 Å². The van der Waals surface area contributed by atoms with Gasteiger partial charge in [0.1, 0.15) is 0 Å². The van der Waals surface area contributed by atoms with Gasteiger partial charge in [-0.1, -0.05) is 36.4 Å². The van der Waals surface area contributed by atoms with Crippen LogP contribution in [0.4, 0.5) is 5.69 Å². The number of carbonyl (C=O) groups is 2. The van der Waals surface area contributed by atoms with E-state index in [1.807, 2.05) is 0 Å². The predicted octanol–water partition coefficient (Wildman–Crippen LogP) is 2.16. The minimum atomic E-state index is -0.373. The van der Waals surface area contributed by atoms with Gasteiger partial charge in [-0.2, -0.15) is 8.57 Å². The fourth-order valence-corrected chi connectivity index (χ4v) is 3.47. The van der Waals surface area contributed by atoms with Crippen molar-refractivity contribution in [2.75, 3.05) is 5.43 Å². The lowest BCUT2D eigenvalue weighted by molar-refractivity contribution is -0.283. The summed E-state index contributed by atoms with van der Waals surface area (Å²) in [5, 5.41) is 3.89. The number of hydrazine groups is 1. The Bertz CT molecular complexity index is 1060. The molecule has 0 radical (unpaired) electrons. The highest BCUT2D eigenvalue weighted by molar-refractivity contribution is 7.90. The van der Waals surface area contributed by atoms with E-state index in [0.717, 1.165) is 17.7 Å². The Balaban J connectivity index is 1.58. The van der Waals surface area contributed by atoms with E-state index in [4.69, 9.17) is 14.3 Å². The van der Waals surface area contributed by atoms with Crippen molar-refractivity contribution >= 4 is 41.1 Å². The third-order valence-corrected chi connectivity index (χ3v) is 4.91. The maximum Gasteiger partial charge on any atom is 0.258 e. The molecular formula is C18H12N4O4S. The molecule has 2 aliphatic heterocycles. The number of nitrogens with two attached hydrogens (primary N) is 1. The van der Waals surface area contributed by atoms with Crippen LogP contribution in [-0.2, 0) is 13.4 Å². The second kappa shape index (κ2) is 5.96. The molecule has 1 amide bonds. The Kier molecular flexibility index (Phi) is 3.55. The summed E-state index contributed by atoms with van der Waals surface area (Å²) in [4.78, 5) is 25.6.